The van der Waals surface area contributed by atoms with Crippen molar-refractivity contribution in [3.8, 4) is 0 Å². The van der Waals surface area contributed by atoms with E-state index in [1.165, 1.54) is 97.7 Å². The molecule has 0 N–H and O–H groups in total. The minimum atomic E-state index is -1.19. The van der Waals surface area contributed by atoms with E-state index in [1.807, 2.05) is 0 Å². The number of carboxylic acids is 2. The summed E-state index contributed by atoms with van der Waals surface area (Å²) in [5, 5.41) is 20.1. The lowest BCUT2D eigenvalue weighted by molar-refractivity contribution is -0.889. The van der Waals surface area contributed by atoms with Gasteiger partial charge in [-0.05, 0) is 51.7 Å². The molecule has 0 aliphatic carbocycles. The van der Waals surface area contributed by atoms with E-state index in [0.717, 1.165) is 0 Å². The van der Waals surface area contributed by atoms with Gasteiger partial charge in [0, 0.05) is 35.9 Å². The van der Waals surface area contributed by atoms with Crippen LogP contribution in [-0.4, -0.2) is 85.2 Å². The van der Waals surface area contributed by atoms with E-state index in [4.69, 9.17) is 0 Å². The number of nitrogens with zero attached hydrogens (tertiary/aromatic N) is 4. The van der Waals surface area contributed by atoms with E-state index in [2.05, 4.69) is 52.0 Å². The zero-order chi connectivity index (χ0) is 26.0. The smallest absolute Gasteiger partial charge is 0.0782 e. The average Bonchev–Trinajstić information content (AvgIpc) is 2.83. The molecule has 8 heteroatoms. The third-order valence-corrected chi connectivity index (χ3v) is 5.78. The van der Waals surface area contributed by atoms with Crippen LogP contribution in [0.5, 0.6) is 0 Å². The van der Waals surface area contributed by atoms with Crippen LogP contribution in [0.15, 0.2) is 49.1 Å². The first-order valence-electron chi connectivity index (χ1n) is 11.8. The van der Waals surface area contributed by atoms with Crippen LogP contribution in [-0.2, 0) is 0 Å². The highest BCUT2D eigenvalue weighted by Gasteiger charge is 2.12. The Hall–Kier alpha value is -2.84. The summed E-state index contributed by atoms with van der Waals surface area (Å²) in [7, 11) is 9.32. The number of hydrogen-bond donors (Lipinski definition) is 0. The van der Waals surface area contributed by atoms with Crippen molar-refractivity contribution in [3.63, 3.8) is 0 Å². The number of aromatic carboxylic acids is 2. The van der Waals surface area contributed by atoms with E-state index < -0.39 is 11.9 Å². The number of carboxylic acid groups (broad SMARTS) is 2. The Kier molecular flexibility index (Phi) is 15.3. The number of rotatable bonds is 11. The van der Waals surface area contributed by atoms with Crippen molar-refractivity contribution in [3.05, 3.63) is 60.2 Å². The van der Waals surface area contributed by atoms with Gasteiger partial charge in [0.15, 0.2) is 0 Å². The molecule has 0 aliphatic heterocycles. The van der Waals surface area contributed by atoms with Crippen LogP contribution in [0.25, 0.3) is 0 Å². The molecule has 0 saturated carbocycles. The van der Waals surface area contributed by atoms with Gasteiger partial charge in [-0.3, -0.25) is 9.97 Å². The Bertz CT molecular complexity index is 743. The number of carbonyl (C=O) groups excluding carboxylic acids is 2. The van der Waals surface area contributed by atoms with Gasteiger partial charge in [0.2, 0.25) is 0 Å². The molecule has 2 rings (SSSR count). The molecule has 0 radical (unpaired) electrons. The quantitative estimate of drug-likeness (QED) is 0.362. The van der Waals surface area contributed by atoms with Crippen molar-refractivity contribution in [2.75, 3.05) is 54.4 Å². The molecule has 0 spiro atoms. The molecule has 2 aromatic heterocycles. The lowest BCUT2D eigenvalue weighted by Crippen LogP contribution is -2.40. The van der Waals surface area contributed by atoms with E-state index >= 15 is 0 Å². The molecule has 0 unspecified atom stereocenters. The van der Waals surface area contributed by atoms with Crippen LogP contribution in [0.1, 0.15) is 60.2 Å². The van der Waals surface area contributed by atoms with E-state index in [9.17, 15) is 19.8 Å². The molecule has 2 aromatic rings. The number of carbonyl (C=O) groups is 2. The number of quaternary nitrogens is 2. The standard InChI is InChI=1S/C14H34N2.2C6H5NO2/c1-7-15(3,4)13-11-9-10-12-14-16(5,6)8-2;2*8-6(9)5-2-1-3-7-4-5/h7-14H2,1-6H3;2*1-4H,(H,8,9)/q+2;;/p-2. The molecule has 0 fully saturated rings. The molecule has 190 valence electrons. The summed E-state index contributed by atoms with van der Waals surface area (Å²) < 4.78 is 2.35. The zero-order valence-electron chi connectivity index (χ0n) is 21.7. The van der Waals surface area contributed by atoms with Gasteiger partial charge in [-0.25, -0.2) is 0 Å². The summed E-state index contributed by atoms with van der Waals surface area (Å²) in [5.74, 6) is -2.38. The maximum absolute atomic E-state index is 10.0. The van der Waals surface area contributed by atoms with Gasteiger partial charge < -0.3 is 28.8 Å². The maximum atomic E-state index is 10.0. The summed E-state index contributed by atoms with van der Waals surface area (Å²) in [6, 6.07) is 5.96. The van der Waals surface area contributed by atoms with Crippen LogP contribution in [0.4, 0.5) is 0 Å². The van der Waals surface area contributed by atoms with E-state index in [1.54, 1.807) is 12.1 Å². The summed E-state index contributed by atoms with van der Waals surface area (Å²) >= 11 is 0. The second-order valence-corrected chi connectivity index (χ2v) is 9.42. The molecule has 0 amide bonds. The molecule has 2 heterocycles. The zero-order valence-corrected chi connectivity index (χ0v) is 21.7. The first-order chi connectivity index (χ1) is 15.9. The Balaban J connectivity index is 0.000000513. The van der Waals surface area contributed by atoms with Gasteiger partial charge in [-0.2, -0.15) is 0 Å². The van der Waals surface area contributed by atoms with Crippen LogP contribution in [0, 0.1) is 0 Å². The lowest BCUT2D eigenvalue weighted by atomic mass is 10.1. The highest BCUT2D eigenvalue weighted by molar-refractivity contribution is 5.85. The van der Waals surface area contributed by atoms with Gasteiger partial charge in [-0.15, -0.1) is 0 Å². The monoisotopic (exact) mass is 474 g/mol. The SMILES string of the molecule is CC[N+](C)(C)CCCCCC[N+](C)(C)CC.O=C([O-])c1cccnc1.O=C([O-])c1cccnc1. The van der Waals surface area contributed by atoms with Crippen molar-refractivity contribution in [2.24, 2.45) is 0 Å². The van der Waals surface area contributed by atoms with Gasteiger partial charge in [0.1, 0.15) is 0 Å². The van der Waals surface area contributed by atoms with Gasteiger partial charge in [0.25, 0.3) is 0 Å². The second-order valence-electron chi connectivity index (χ2n) is 9.42. The van der Waals surface area contributed by atoms with Crippen LogP contribution in [0.3, 0.4) is 0 Å². The van der Waals surface area contributed by atoms with Crippen molar-refractivity contribution in [2.45, 2.75) is 39.5 Å². The highest BCUT2D eigenvalue weighted by Crippen LogP contribution is 2.07. The van der Waals surface area contributed by atoms with Crippen LogP contribution >= 0.6 is 0 Å². The van der Waals surface area contributed by atoms with Crippen molar-refractivity contribution >= 4 is 11.9 Å². The van der Waals surface area contributed by atoms with Crippen LogP contribution in [0.2, 0.25) is 0 Å². The van der Waals surface area contributed by atoms with Crippen LogP contribution < -0.4 is 10.2 Å². The first kappa shape index (κ1) is 31.2. The van der Waals surface area contributed by atoms with Crippen molar-refractivity contribution in [1.82, 2.24) is 9.97 Å². The van der Waals surface area contributed by atoms with Crippen molar-refractivity contribution in [1.29, 1.82) is 0 Å². The Morgan fingerprint density at radius 1 is 0.706 bits per heavy atom. The topological polar surface area (TPSA) is 106 Å². The molecule has 0 aromatic carbocycles. The predicted molar refractivity (Wildman–Crippen MR) is 131 cm³/mol. The lowest BCUT2D eigenvalue weighted by Gasteiger charge is -2.29. The Labute approximate surface area is 205 Å². The minimum absolute atomic E-state index is 0.109. The summed E-state index contributed by atoms with van der Waals surface area (Å²) in [5.41, 5.74) is 0.218. The fourth-order valence-electron chi connectivity index (χ4n) is 2.72. The Morgan fingerprint density at radius 3 is 1.26 bits per heavy atom. The number of pyridine rings is 2. The number of aromatic nitrogens is 2. The first-order valence-corrected chi connectivity index (χ1v) is 11.8. The normalized spacial score (nSPS) is 10.9. The van der Waals surface area contributed by atoms with Gasteiger partial charge in [0.05, 0.1) is 66.3 Å². The molecule has 0 atom stereocenters. The maximum Gasteiger partial charge on any atom is 0.0782 e. The fourth-order valence-corrected chi connectivity index (χ4v) is 2.72. The highest BCUT2D eigenvalue weighted by atomic mass is 16.4. The van der Waals surface area contributed by atoms with Gasteiger partial charge in [-0.1, -0.05) is 12.1 Å². The Morgan fingerprint density at radius 2 is 1.06 bits per heavy atom. The minimum Gasteiger partial charge on any atom is -0.545 e. The fraction of sp³-hybridized carbons (Fsp3) is 0.538. The van der Waals surface area contributed by atoms with E-state index in [0.29, 0.717) is 0 Å². The van der Waals surface area contributed by atoms with E-state index in [-0.39, 0.29) is 11.1 Å². The third-order valence-electron chi connectivity index (χ3n) is 5.78. The number of hydrogen-bond acceptors (Lipinski definition) is 6. The molecule has 0 saturated heterocycles. The average molecular weight is 475 g/mol. The second kappa shape index (κ2) is 16.7. The molecule has 0 bridgehead atoms. The molecular formula is C26H42N4O4. The van der Waals surface area contributed by atoms with Gasteiger partial charge >= 0.3 is 0 Å². The molecule has 34 heavy (non-hydrogen) atoms. The largest absolute Gasteiger partial charge is 0.545 e. The van der Waals surface area contributed by atoms with Crippen molar-refractivity contribution < 1.29 is 28.8 Å². The predicted octanol–water partition coefficient (Wildman–Crippen LogP) is 1.63. The molecular weight excluding hydrogens is 432 g/mol. The summed E-state index contributed by atoms with van der Waals surface area (Å²) in [4.78, 5) is 27.3. The summed E-state index contributed by atoms with van der Waals surface area (Å²) in [6.07, 6.45) is 11.1. The molecule has 0 aliphatic rings. The summed E-state index contributed by atoms with van der Waals surface area (Å²) in [6.45, 7) is 9.73. The number of unbranched alkanes of at least 4 members (excludes halogenated alkanes) is 3. The third kappa shape index (κ3) is 15.9. The molecule has 8 nitrogen and oxygen atoms in total.